The molecule has 0 spiro atoms. The molecular formula is C19H23N3O5S. The highest BCUT2D eigenvalue weighted by molar-refractivity contribution is 7.89. The smallest absolute Gasteiger partial charge is 0.270 e. The SMILES string of the molecule is Cc1ccc(OCCNc2ccc([N+](=O)[O-])cc2S(=O)(=O)N2CCCC2)cc1. The van der Waals surface area contributed by atoms with E-state index in [-0.39, 0.29) is 10.6 Å². The van der Waals surface area contributed by atoms with E-state index in [1.807, 2.05) is 31.2 Å². The largest absolute Gasteiger partial charge is 0.492 e. The van der Waals surface area contributed by atoms with Crippen molar-refractivity contribution in [2.75, 3.05) is 31.6 Å². The summed E-state index contributed by atoms with van der Waals surface area (Å²) in [5, 5.41) is 14.1. The Labute approximate surface area is 164 Å². The van der Waals surface area contributed by atoms with E-state index in [0.29, 0.717) is 31.9 Å². The molecule has 150 valence electrons. The standard InChI is InChI=1S/C19H23N3O5S/c1-15-4-7-17(8-5-15)27-13-10-20-18-9-6-16(22(23)24)14-19(18)28(25,26)21-11-2-3-12-21/h4-9,14,20H,2-3,10-13H2,1H3. The molecular weight excluding hydrogens is 382 g/mol. The number of anilines is 1. The van der Waals surface area contributed by atoms with Crippen LogP contribution in [0.3, 0.4) is 0 Å². The van der Waals surface area contributed by atoms with Crippen LogP contribution in [0.25, 0.3) is 0 Å². The van der Waals surface area contributed by atoms with Crippen LogP contribution in [-0.4, -0.2) is 43.9 Å². The fourth-order valence-electron chi connectivity index (χ4n) is 3.04. The lowest BCUT2D eigenvalue weighted by atomic mass is 10.2. The number of hydrogen-bond donors (Lipinski definition) is 1. The van der Waals surface area contributed by atoms with Gasteiger partial charge < -0.3 is 10.1 Å². The van der Waals surface area contributed by atoms with E-state index >= 15 is 0 Å². The van der Waals surface area contributed by atoms with E-state index in [2.05, 4.69) is 5.32 Å². The van der Waals surface area contributed by atoms with Crippen LogP contribution in [0, 0.1) is 17.0 Å². The molecule has 8 nitrogen and oxygen atoms in total. The number of ether oxygens (including phenoxy) is 1. The Balaban J connectivity index is 1.74. The summed E-state index contributed by atoms with van der Waals surface area (Å²) in [5.74, 6) is 0.723. The third kappa shape index (κ3) is 4.60. The number of nitrogens with one attached hydrogen (secondary N) is 1. The molecule has 0 radical (unpaired) electrons. The molecule has 1 aliphatic rings. The molecule has 1 aliphatic heterocycles. The Hall–Kier alpha value is -2.65. The normalized spacial score (nSPS) is 14.8. The lowest BCUT2D eigenvalue weighted by Gasteiger charge is -2.19. The maximum atomic E-state index is 12.9. The first-order chi connectivity index (χ1) is 13.4. The molecule has 2 aromatic rings. The molecule has 0 aliphatic carbocycles. The van der Waals surface area contributed by atoms with Crippen LogP contribution in [0.5, 0.6) is 5.75 Å². The summed E-state index contributed by atoms with van der Waals surface area (Å²) in [7, 11) is -3.79. The van der Waals surface area contributed by atoms with E-state index in [1.165, 1.54) is 16.4 Å². The average Bonchev–Trinajstić information content (AvgIpc) is 3.22. The van der Waals surface area contributed by atoms with Crippen LogP contribution < -0.4 is 10.1 Å². The Kier molecular flexibility index (Phi) is 6.15. The summed E-state index contributed by atoms with van der Waals surface area (Å²) in [4.78, 5) is 10.5. The number of nitro benzene ring substituents is 1. The van der Waals surface area contributed by atoms with Gasteiger partial charge in [-0.2, -0.15) is 4.31 Å². The lowest BCUT2D eigenvalue weighted by molar-refractivity contribution is -0.385. The lowest BCUT2D eigenvalue weighted by Crippen LogP contribution is -2.29. The van der Waals surface area contributed by atoms with Gasteiger partial charge in [0.25, 0.3) is 5.69 Å². The molecule has 0 amide bonds. The van der Waals surface area contributed by atoms with Gasteiger partial charge in [0.05, 0.1) is 10.6 Å². The number of aryl methyl sites for hydroxylation is 1. The summed E-state index contributed by atoms with van der Waals surface area (Å²) < 4.78 is 32.9. The van der Waals surface area contributed by atoms with Crippen LogP contribution in [0.4, 0.5) is 11.4 Å². The van der Waals surface area contributed by atoms with Crippen LogP contribution in [0.2, 0.25) is 0 Å². The highest BCUT2D eigenvalue weighted by Gasteiger charge is 2.30. The van der Waals surface area contributed by atoms with Gasteiger partial charge in [-0.1, -0.05) is 17.7 Å². The van der Waals surface area contributed by atoms with E-state index in [4.69, 9.17) is 4.74 Å². The monoisotopic (exact) mass is 405 g/mol. The molecule has 1 saturated heterocycles. The van der Waals surface area contributed by atoms with Crippen molar-refractivity contribution in [1.82, 2.24) is 4.31 Å². The predicted octanol–water partition coefficient (Wildman–Crippen LogP) is 3.18. The molecule has 0 saturated carbocycles. The second-order valence-corrected chi connectivity index (χ2v) is 8.54. The fourth-order valence-corrected chi connectivity index (χ4v) is 4.75. The summed E-state index contributed by atoms with van der Waals surface area (Å²) in [6.45, 7) is 3.53. The summed E-state index contributed by atoms with van der Waals surface area (Å²) >= 11 is 0. The van der Waals surface area contributed by atoms with Gasteiger partial charge in [-0.05, 0) is 38.0 Å². The fraction of sp³-hybridized carbons (Fsp3) is 0.368. The van der Waals surface area contributed by atoms with Crippen molar-refractivity contribution < 1.29 is 18.1 Å². The second kappa shape index (κ2) is 8.57. The third-order valence-corrected chi connectivity index (χ3v) is 6.50. The highest BCUT2D eigenvalue weighted by Crippen LogP contribution is 2.30. The molecule has 0 atom stereocenters. The molecule has 1 heterocycles. The predicted molar refractivity (Wildman–Crippen MR) is 106 cm³/mol. The van der Waals surface area contributed by atoms with Gasteiger partial charge >= 0.3 is 0 Å². The highest BCUT2D eigenvalue weighted by atomic mass is 32.2. The van der Waals surface area contributed by atoms with E-state index in [0.717, 1.165) is 30.2 Å². The van der Waals surface area contributed by atoms with Crippen molar-refractivity contribution in [3.05, 3.63) is 58.1 Å². The zero-order valence-electron chi connectivity index (χ0n) is 15.6. The first kappa shape index (κ1) is 20.1. The van der Waals surface area contributed by atoms with E-state index in [1.54, 1.807) is 0 Å². The number of nitrogens with zero attached hydrogens (tertiary/aromatic N) is 2. The molecule has 0 unspecified atom stereocenters. The van der Waals surface area contributed by atoms with Crippen LogP contribution >= 0.6 is 0 Å². The van der Waals surface area contributed by atoms with Crippen molar-refractivity contribution in [1.29, 1.82) is 0 Å². The molecule has 0 bridgehead atoms. The summed E-state index contributed by atoms with van der Waals surface area (Å²) in [6.07, 6.45) is 1.59. The van der Waals surface area contributed by atoms with Crippen LogP contribution in [0.15, 0.2) is 47.4 Å². The molecule has 1 N–H and O–H groups in total. The Morgan fingerprint density at radius 1 is 1.14 bits per heavy atom. The van der Waals surface area contributed by atoms with Gasteiger partial charge in [-0.3, -0.25) is 10.1 Å². The molecule has 28 heavy (non-hydrogen) atoms. The summed E-state index contributed by atoms with van der Waals surface area (Å²) in [5.41, 5.74) is 1.22. The molecule has 3 rings (SSSR count). The van der Waals surface area contributed by atoms with Gasteiger partial charge in [0.2, 0.25) is 10.0 Å². The van der Waals surface area contributed by atoms with Crippen LogP contribution in [0.1, 0.15) is 18.4 Å². The maximum Gasteiger partial charge on any atom is 0.270 e. The first-order valence-corrected chi connectivity index (χ1v) is 10.5. The number of non-ortho nitro benzene ring substituents is 1. The van der Waals surface area contributed by atoms with Gasteiger partial charge in [-0.15, -0.1) is 0 Å². The van der Waals surface area contributed by atoms with Gasteiger partial charge in [0.15, 0.2) is 0 Å². The number of rotatable bonds is 8. The molecule has 9 heteroatoms. The van der Waals surface area contributed by atoms with Gasteiger partial charge in [0, 0.05) is 31.8 Å². The van der Waals surface area contributed by atoms with Crippen molar-refractivity contribution >= 4 is 21.4 Å². The number of sulfonamides is 1. The maximum absolute atomic E-state index is 12.9. The van der Waals surface area contributed by atoms with Gasteiger partial charge in [-0.25, -0.2) is 8.42 Å². The second-order valence-electron chi connectivity index (χ2n) is 6.64. The van der Waals surface area contributed by atoms with Gasteiger partial charge in [0.1, 0.15) is 17.3 Å². The minimum absolute atomic E-state index is 0.0704. The van der Waals surface area contributed by atoms with Crippen molar-refractivity contribution in [2.24, 2.45) is 0 Å². The van der Waals surface area contributed by atoms with Crippen molar-refractivity contribution in [3.8, 4) is 5.75 Å². The molecule has 1 fully saturated rings. The zero-order valence-corrected chi connectivity index (χ0v) is 16.4. The zero-order chi connectivity index (χ0) is 20.1. The minimum Gasteiger partial charge on any atom is -0.492 e. The Bertz CT molecular complexity index is 939. The average molecular weight is 405 g/mol. The molecule has 2 aromatic carbocycles. The summed E-state index contributed by atoms with van der Waals surface area (Å²) in [6, 6.07) is 11.5. The number of hydrogen-bond acceptors (Lipinski definition) is 6. The Morgan fingerprint density at radius 3 is 2.46 bits per heavy atom. The number of benzene rings is 2. The van der Waals surface area contributed by atoms with Crippen molar-refractivity contribution in [3.63, 3.8) is 0 Å². The first-order valence-electron chi connectivity index (χ1n) is 9.10. The minimum atomic E-state index is -3.79. The van der Waals surface area contributed by atoms with Crippen LogP contribution in [-0.2, 0) is 10.0 Å². The number of nitro groups is 1. The van der Waals surface area contributed by atoms with Crippen molar-refractivity contribution in [2.45, 2.75) is 24.7 Å². The van der Waals surface area contributed by atoms with E-state index < -0.39 is 14.9 Å². The Morgan fingerprint density at radius 2 is 1.82 bits per heavy atom. The quantitative estimate of drug-likeness (QED) is 0.411. The topological polar surface area (TPSA) is 102 Å². The molecule has 0 aromatic heterocycles. The van der Waals surface area contributed by atoms with E-state index in [9.17, 15) is 18.5 Å². The third-order valence-electron chi connectivity index (χ3n) is 4.57.